The molecule has 21 heavy (non-hydrogen) atoms. The summed E-state index contributed by atoms with van der Waals surface area (Å²) in [5.74, 6) is 0.548. The molecule has 0 atom stereocenters. The van der Waals surface area contributed by atoms with Gasteiger partial charge in [0.05, 0.1) is 0 Å². The number of hydrogen-bond donors (Lipinski definition) is 1. The molecule has 0 spiro atoms. The van der Waals surface area contributed by atoms with Crippen LogP contribution in [0, 0.1) is 5.82 Å². The zero-order chi connectivity index (χ0) is 14.8. The standard InChI is InChI=1S/C18H18FNO/c1-12(2)20-11-14-9-15(19)7-8-16(14)18-10-13-5-3-4-6-17(13)21-18/h3-10,12,20H,11H2,1-2H3. The third-order valence-corrected chi connectivity index (χ3v) is 3.46. The number of hydrogen-bond acceptors (Lipinski definition) is 2. The summed E-state index contributed by atoms with van der Waals surface area (Å²) in [5, 5.41) is 4.38. The molecule has 3 rings (SSSR count). The molecule has 3 aromatic rings. The van der Waals surface area contributed by atoms with Gasteiger partial charge in [-0.15, -0.1) is 0 Å². The molecule has 2 nitrogen and oxygen atoms in total. The Kier molecular flexibility index (Phi) is 3.76. The summed E-state index contributed by atoms with van der Waals surface area (Å²) in [5.41, 5.74) is 2.68. The summed E-state index contributed by atoms with van der Waals surface area (Å²) in [4.78, 5) is 0. The Labute approximate surface area is 123 Å². The molecule has 0 aliphatic heterocycles. The van der Waals surface area contributed by atoms with Crippen LogP contribution in [-0.4, -0.2) is 6.04 Å². The topological polar surface area (TPSA) is 25.2 Å². The number of para-hydroxylation sites is 1. The highest BCUT2D eigenvalue weighted by Crippen LogP contribution is 2.30. The van der Waals surface area contributed by atoms with Crippen molar-refractivity contribution in [3.63, 3.8) is 0 Å². The van der Waals surface area contributed by atoms with Crippen molar-refractivity contribution in [1.29, 1.82) is 0 Å². The van der Waals surface area contributed by atoms with Crippen LogP contribution in [-0.2, 0) is 6.54 Å². The molecule has 0 fully saturated rings. The van der Waals surface area contributed by atoms with E-state index in [-0.39, 0.29) is 5.82 Å². The highest BCUT2D eigenvalue weighted by Gasteiger charge is 2.11. The van der Waals surface area contributed by atoms with E-state index >= 15 is 0 Å². The number of fused-ring (bicyclic) bond motifs is 1. The molecular formula is C18H18FNO. The summed E-state index contributed by atoms with van der Waals surface area (Å²) in [6.45, 7) is 4.75. The molecule has 1 aromatic heterocycles. The van der Waals surface area contributed by atoms with E-state index in [4.69, 9.17) is 4.42 Å². The Morgan fingerprint density at radius 2 is 1.90 bits per heavy atom. The van der Waals surface area contributed by atoms with Crippen LogP contribution in [0.1, 0.15) is 19.4 Å². The van der Waals surface area contributed by atoms with Crippen molar-refractivity contribution in [3.05, 3.63) is 59.9 Å². The van der Waals surface area contributed by atoms with Gasteiger partial charge in [0.2, 0.25) is 0 Å². The Hall–Kier alpha value is -2.13. The van der Waals surface area contributed by atoms with Crippen LogP contribution in [0.25, 0.3) is 22.3 Å². The van der Waals surface area contributed by atoms with Gasteiger partial charge in [-0.1, -0.05) is 32.0 Å². The summed E-state index contributed by atoms with van der Waals surface area (Å²) in [6, 6.07) is 15.0. The molecule has 1 heterocycles. The monoisotopic (exact) mass is 283 g/mol. The second-order valence-corrected chi connectivity index (χ2v) is 5.49. The Morgan fingerprint density at radius 1 is 1.10 bits per heavy atom. The van der Waals surface area contributed by atoms with Crippen molar-refractivity contribution in [1.82, 2.24) is 5.32 Å². The van der Waals surface area contributed by atoms with Crippen molar-refractivity contribution in [2.24, 2.45) is 0 Å². The summed E-state index contributed by atoms with van der Waals surface area (Å²) >= 11 is 0. The minimum atomic E-state index is -0.226. The van der Waals surface area contributed by atoms with Crippen LogP contribution >= 0.6 is 0 Å². The number of furan rings is 1. The fourth-order valence-corrected chi connectivity index (χ4v) is 2.38. The number of benzene rings is 2. The smallest absolute Gasteiger partial charge is 0.135 e. The lowest BCUT2D eigenvalue weighted by molar-refractivity contribution is 0.579. The first-order chi connectivity index (χ1) is 10.1. The van der Waals surface area contributed by atoms with E-state index in [0.717, 1.165) is 27.9 Å². The molecule has 2 aromatic carbocycles. The Bertz CT molecular complexity index is 728. The molecule has 0 radical (unpaired) electrons. The van der Waals surface area contributed by atoms with Crippen molar-refractivity contribution in [2.75, 3.05) is 0 Å². The molecule has 0 saturated carbocycles. The summed E-state index contributed by atoms with van der Waals surface area (Å²) < 4.78 is 19.4. The van der Waals surface area contributed by atoms with E-state index in [0.29, 0.717) is 12.6 Å². The maximum absolute atomic E-state index is 13.5. The molecule has 3 heteroatoms. The maximum Gasteiger partial charge on any atom is 0.135 e. The highest BCUT2D eigenvalue weighted by molar-refractivity contribution is 5.83. The van der Waals surface area contributed by atoms with Crippen molar-refractivity contribution in [2.45, 2.75) is 26.4 Å². The normalized spacial score (nSPS) is 11.4. The van der Waals surface area contributed by atoms with E-state index in [1.165, 1.54) is 6.07 Å². The van der Waals surface area contributed by atoms with Crippen LogP contribution in [0.5, 0.6) is 0 Å². The second kappa shape index (κ2) is 5.70. The van der Waals surface area contributed by atoms with Gasteiger partial charge in [0.1, 0.15) is 17.2 Å². The largest absolute Gasteiger partial charge is 0.456 e. The van der Waals surface area contributed by atoms with Gasteiger partial charge in [-0.25, -0.2) is 4.39 Å². The van der Waals surface area contributed by atoms with Gasteiger partial charge in [0, 0.05) is 23.5 Å². The van der Waals surface area contributed by atoms with E-state index in [1.54, 1.807) is 12.1 Å². The minimum absolute atomic E-state index is 0.226. The van der Waals surface area contributed by atoms with E-state index in [2.05, 4.69) is 19.2 Å². The molecule has 0 aliphatic carbocycles. The maximum atomic E-state index is 13.5. The predicted octanol–water partition coefficient (Wildman–Crippen LogP) is 4.74. The SMILES string of the molecule is CC(C)NCc1cc(F)ccc1-c1cc2ccccc2o1. The van der Waals surface area contributed by atoms with Gasteiger partial charge >= 0.3 is 0 Å². The summed E-state index contributed by atoms with van der Waals surface area (Å²) in [6.07, 6.45) is 0. The second-order valence-electron chi connectivity index (χ2n) is 5.49. The van der Waals surface area contributed by atoms with Gasteiger partial charge in [-0.2, -0.15) is 0 Å². The van der Waals surface area contributed by atoms with E-state index < -0.39 is 0 Å². The minimum Gasteiger partial charge on any atom is -0.456 e. The van der Waals surface area contributed by atoms with Crippen molar-refractivity contribution in [3.8, 4) is 11.3 Å². The predicted molar refractivity (Wildman–Crippen MR) is 83.6 cm³/mol. The van der Waals surface area contributed by atoms with Gasteiger partial charge in [0.15, 0.2) is 0 Å². The van der Waals surface area contributed by atoms with Crippen LogP contribution < -0.4 is 5.32 Å². The highest BCUT2D eigenvalue weighted by atomic mass is 19.1. The third kappa shape index (κ3) is 2.98. The zero-order valence-corrected chi connectivity index (χ0v) is 12.2. The van der Waals surface area contributed by atoms with Gasteiger partial charge in [-0.05, 0) is 35.9 Å². The first kappa shape index (κ1) is 13.8. The fourth-order valence-electron chi connectivity index (χ4n) is 2.38. The van der Waals surface area contributed by atoms with Gasteiger partial charge < -0.3 is 9.73 Å². The average Bonchev–Trinajstić information content (AvgIpc) is 2.88. The molecule has 0 unspecified atom stereocenters. The molecule has 0 amide bonds. The lowest BCUT2D eigenvalue weighted by atomic mass is 10.0. The molecule has 1 N–H and O–H groups in total. The Balaban J connectivity index is 2.03. The zero-order valence-electron chi connectivity index (χ0n) is 12.2. The van der Waals surface area contributed by atoms with Crippen LogP contribution in [0.3, 0.4) is 0 Å². The van der Waals surface area contributed by atoms with E-state index in [9.17, 15) is 4.39 Å². The van der Waals surface area contributed by atoms with E-state index in [1.807, 2.05) is 30.3 Å². The molecule has 108 valence electrons. The first-order valence-corrected chi connectivity index (χ1v) is 7.14. The van der Waals surface area contributed by atoms with Crippen LogP contribution in [0.2, 0.25) is 0 Å². The number of rotatable bonds is 4. The molecule has 0 aliphatic rings. The fraction of sp³-hybridized carbons (Fsp3) is 0.222. The Morgan fingerprint density at radius 3 is 2.67 bits per heavy atom. The van der Waals surface area contributed by atoms with Gasteiger partial charge in [0.25, 0.3) is 0 Å². The quantitative estimate of drug-likeness (QED) is 0.748. The lowest BCUT2D eigenvalue weighted by Crippen LogP contribution is -2.22. The number of nitrogens with one attached hydrogen (secondary N) is 1. The average molecular weight is 283 g/mol. The van der Waals surface area contributed by atoms with Crippen LogP contribution in [0.15, 0.2) is 52.9 Å². The first-order valence-electron chi connectivity index (χ1n) is 7.14. The van der Waals surface area contributed by atoms with Crippen molar-refractivity contribution < 1.29 is 8.81 Å². The molecular weight excluding hydrogens is 265 g/mol. The molecule has 0 saturated heterocycles. The van der Waals surface area contributed by atoms with Crippen molar-refractivity contribution >= 4 is 11.0 Å². The lowest BCUT2D eigenvalue weighted by Gasteiger charge is -2.11. The van der Waals surface area contributed by atoms with Crippen LogP contribution in [0.4, 0.5) is 4.39 Å². The number of halogens is 1. The molecule has 0 bridgehead atoms. The summed E-state index contributed by atoms with van der Waals surface area (Å²) in [7, 11) is 0. The van der Waals surface area contributed by atoms with Gasteiger partial charge in [-0.3, -0.25) is 0 Å². The third-order valence-electron chi connectivity index (χ3n) is 3.46.